The van der Waals surface area contributed by atoms with Crippen LogP contribution in [0.1, 0.15) is 19.3 Å². The molecule has 632 valence electrons. The molecule has 0 aliphatic heterocycles. The predicted molar refractivity (Wildman–Crippen MR) is 287 cm³/mol. The maximum absolute atomic E-state index is 15.1. The number of rotatable bonds is 33. The molecule has 0 aliphatic carbocycles. The molecule has 0 nitrogen and oxygen atoms in total. The summed E-state index contributed by atoms with van der Waals surface area (Å²) in [6.07, 6.45) is -33.0. The van der Waals surface area contributed by atoms with Crippen molar-refractivity contribution in [1.29, 1.82) is 0 Å². The van der Waals surface area contributed by atoms with Gasteiger partial charge in [0.1, 0.15) is 0 Å². The zero-order valence-electron chi connectivity index (χ0n) is 53.4. The lowest BCUT2D eigenvalue weighted by Crippen LogP contribution is -2.74. The molecule has 0 aromatic heterocycles. The maximum Gasteiger partial charge on any atom is 0.460 e. The van der Waals surface area contributed by atoms with Crippen LogP contribution in [0.15, 0.2) is 72.8 Å². The maximum atomic E-state index is 15.1. The van der Waals surface area contributed by atoms with Gasteiger partial charge in [0.2, 0.25) is 0 Å². The standard InChI is InChI=1S/C54H42F51PSi3/c1-107(2,22-19-31(55,56)34(61,62)37(67,68)40(73,74)43(79,80)46(85,86)49(91,92)52(97,98)99)28-13-7-25(8-14-28)106(26-9-15-29(16-10-26)108(3,4)23-20-32(57,58)35(63,64)38(69,70)41(75,76)44(81,82)47(87,88)50(93,94)53(100,101)102)27-11-17-30(18-12-27)109(5,6)24-21-33(59,60)36(65,66)39(71,72)42(77,78)45(83,84)48(89,90)51(95,96)54(103,104)105/h7-18H,19-24H2,1-6H3. The van der Waals surface area contributed by atoms with Gasteiger partial charge in [-0.25, -0.2) is 0 Å². The van der Waals surface area contributed by atoms with Crippen molar-refractivity contribution in [2.75, 3.05) is 0 Å². The SMILES string of the molecule is C[Si](C)(CCC(F)(F)C(F)(F)C(F)(F)C(F)(F)C(F)(F)C(F)(F)C(F)(F)C(F)(F)F)c1ccc(P(c2ccc([Si](C)(C)CCC(F)(F)C(F)(F)C(F)(F)C(F)(F)C(F)(F)C(F)(F)C(F)(F)C(F)(F)F)cc2)c2ccc([Si](C)(C)CCC(F)(F)C(F)(F)C(F)(F)C(F)(F)C(F)(F)C(F)(F)C(F)(F)C(F)(F)F)cc2)cc1. The van der Waals surface area contributed by atoms with Gasteiger partial charge >= 0.3 is 143 Å². The minimum atomic E-state index is -8.99. The molecule has 0 radical (unpaired) electrons. The van der Waals surface area contributed by atoms with Crippen molar-refractivity contribution in [2.24, 2.45) is 0 Å². The summed E-state index contributed by atoms with van der Waals surface area (Å²) in [7, 11) is -15.4. The van der Waals surface area contributed by atoms with E-state index in [-0.39, 0.29) is 15.9 Å². The molecule has 3 aromatic rings. The summed E-state index contributed by atoms with van der Waals surface area (Å²) in [5.74, 6) is -177. The Balaban J connectivity index is 2.24. The van der Waals surface area contributed by atoms with E-state index >= 15 is 26.3 Å². The first-order valence-electron chi connectivity index (χ1n) is 28.4. The second kappa shape index (κ2) is 28.0. The fraction of sp³-hybridized carbons (Fsp3) is 0.667. The van der Waals surface area contributed by atoms with Crippen molar-refractivity contribution in [1.82, 2.24) is 0 Å². The molecule has 3 rings (SSSR count). The molecule has 109 heavy (non-hydrogen) atoms. The van der Waals surface area contributed by atoms with Crippen LogP contribution in [0, 0.1) is 0 Å². The summed E-state index contributed by atoms with van der Waals surface area (Å²) in [6.45, 7) is 4.76. The summed E-state index contributed by atoms with van der Waals surface area (Å²) in [4.78, 5) is 0. The highest BCUT2D eigenvalue weighted by molar-refractivity contribution is 7.79. The van der Waals surface area contributed by atoms with E-state index in [1.54, 1.807) is 0 Å². The zero-order chi connectivity index (χ0) is 87.3. The van der Waals surface area contributed by atoms with Gasteiger partial charge in [0, 0.05) is 19.3 Å². The van der Waals surface area contributed by atoms with E-state index in [9.17, 15) is 198 Å². The molecule has 0 bridgehead atoms. The lowest BCUT2D eigenvalue weighted by Gasteiger charge is -2.43. The second-order valence-electron chi connectivity index (χ2n) is 26.1. The van der Waals surface area contributed by atoms with Gasteiger partial charge < -0.3 is 0 Å². The van der Waals surface area contributed by atoms with E-state index in [0.717, 1.165) is 112 Å². The van der Waals surface area contributed by atoms with E-state index in [0.29, 0.717) is 0 Å². The van der Waals surface area contributed by atoms with Crippen LogP contribution in [-0.4, -0.2) is 167 Å². The van der Waals surface area contributed by atoms with Gasteiger partial charge in [-0.15, -0.1) is 0 Å². The molecular formula is C54H42F51PSi3. The second-order valence-corrected chi connectivity index (χ2v) is 42.8. The van der Waals surface area contributed by atoms with Crippen LogP contribution in [-0.2, 0) is 0 Å². The highest BCUT2D eigenvalue weighted by Gasteiger charge is 2.99. The Morgan fingerprint density at radius 2 is 0.303 bits per heavy atom. The van der Waals surface area contributed by atoms with Gasteiger partial charge in [-0.2, -0.15) is 224 Å². The Morgan fingerprint density at radius 1 is 0.183 bits per heavy atom. The number of halogens is 51. The summed E-state index contributed by atoms with van der Waals surface area (Å²) in [6, 6.07) is 4.59. The fourth-order valence-corrected chi connectivity index (χ4v) is 18.7. The van der Waals surface area contributed by atoms with Crippen LogP contribution in [0.2, 0.25) is 57.4 Å². The lowest BCUT2D eigenvalue weighted by molar-refractivity contribution is -0.461. The van der Waals surface area contributed by atoms with Crippen LogP contribution in [0.5, 0.6) is 0 Å². The Hall–Kier alpha value is -4.83. The van der Waals surface area contributed by atoms with Crippen LogP contribution in [0.25, 0.3) is 0 Å². The molecule has 0 fully saturated rings. The Labute approximate surface area is 579 Å². The Kier molecular flexibility index (Phi) is 25.3. The van der Waals surface area contributed by atoms with E-state index < -0.39 is 228 Å². The third-order valence-electron chi connectivity index (χ3n) is 17.3. The largest absolute Gasteiger partial charge is 0.460 e. The van der Waals surface area contributed by atoms with Gasteiger partial charge in [-0.05, 0) is 42.0 Å². The smallest absolute Gasteiger partial charge is 0.200 e. The Morgan fingerprint density at radius 3 is 0.431 bits per heavy atom. The van der Waals surface area contributed by atoms with E-state index in [2.05, 4.69) is 0 Å². The first-order valence-corrected chi connectivity index (χ1v) is 39.4. The summed E-state index contributed by atoms with van der Waals surface area (Å²) in [5, 5.41) is -2.07. The van der Waals surface area contributed by atoms with E-state index in [1.165, 1.54) is 0 Å². The molecule has 0 heterocycles. The zero-order valence-corrected chi connectivity index (χ0v) is 57.3. The lowest BCUT2D eigenvalue weighted by atomic mass is 9.88. The van der Waals surface area contributed by atoms with Gasteiger partial charge in [-0.1, -0.05) is 128 Å². The van der Waals surface area contributed by atoms with Gasteiger partial charge in [0.05, 0.1) is 24.2 Å². The number of benzene rings is 3. The molecule has 0 unspecified atom stereocenters. The van der Waals surface area contributed by atoms with Gasteiger partial charge in [0.25, 0.3) is 0 Å². The minimum absolute atomic E-state index is 0.264. The van der Waals surface area contributed by atoms with Crippen molar-refractivity contribution < 1.29 is 224 Å². The third kappa shape index (κ3) is 15.0. The number of hydrogen-bond acceptors (Lipinski definition) is 0. The highest BCUT2D eigenvalue weighted by Crippen LogP contribution is 2.69. The fourth-order valence-electron chi connectivity index (χ4n) is 9.53. The topological polar surface area (TPSA) is 0 Å². The van der Waals surface area contributed by atoms with Gasteiger partial charge in [0.15, 0.2) is 0 Å². The highest BCUT2D eigenvalue weighted by atomic mass is 31.1. The van der Waals surface area contributed by atoms with E-state index in [1.807, 2.05) is 0 Å². The average Bonchev–Trinajstić information content (AvgIpc) is 0.704. The van der Waals surface area contributed by atoms with Crippen LogP contribution < -0.4 is 31.5 Å². The van der Waals surface area contributed by atoms with Crippen molar-refractivity contribution in [3.63, 3.8) is 0 Å². The van der Waals surface area contributed by atoms with Crippen LogP contribution >= 0.6 is 7.92 Å². The van der Waals surface area contributed by atoms with Crippen LogP contribution in [0.3, 0.4) is 0 Å². The first-order chi connectivity index (χ1) is 47.1. The molecule has 0 saturated carbocycles. The summed E-state index contributed by atoms with van der Waals surface area (Å²) in [5.41, 5.74) is 0. The number of alkyl halides is 51. The molecule has 0 saturated heterocycles. The van der Waals surface area contributed by atoms with Crippen LogP contribution in [0.4, 0.5) is 224 Å². The molecule has 55 heteroatoms. The van der Waals surface area contributed by atoms with Crippen molar-refractivity contribution in [3.05, 3.63) is 72.8 Å². The third-order valence-corrected chi connectivity index (χ3v) is 29.9. The Bertz CT molecular complexity index is 3260. The molecule has 0 aliphatic rings. The van der Waals surface area contributed by atoms with Crippen molar-refractivity contribution in [2.45, 2.75) is 220 Å². The molecular weight excluding hydrogens is 1730 g/mol. The molecule has 3 aromatic carbocycles. The quantitative estimate of drug-likeness (QED) is 0.0324. The van der Waals surface area contributed by atoms with E-state index in [4.69, 9.17) is 0 Å². The van der Waals surface area contributed by atoms with Gasteiger partial charge in [-0.3, -0.25) is 0 Å². The van der Waals surface area contributed by atoms with Crippen molar-refractivity contribution in [3.8, 4) is 0 Å². The summed E-state index contributed by atoms with van der Waals surface area (Å²) < 4.78 is 714. The number of hydrogen-bond donors (Lipinski definition) is 0. The summed E-state index contributed by atoms with van der Waals surface area (Å²) >= 11 is 0. The molecule has 0 atom stereocenters. The first kappa shape index (κ1) is 98.4. The molecule has 0 spiro atoms. The average molecular weight is 1780 g/mol. The predicted octanol–water partition coefficient (Wildman–Crippen LogP) is 22.4. The minimum Gasteiger partial charge on any atom is -0.200 e. The normalized spacial score (nSPS) is 16.2. The monoisotopic (exact) mass is 1770 g/mol. The van der Waals surface area contributed by atoms with Crippen molar-refractivity contribution >= 4 is 63.6 Å². The molecule has 0 N–H and O–H groups in total. The molecule has 0 amide bonds.